The van der Waals surface area contributed by atoms with E-state index in [0.717, 1.165) is 12.0 Å². The Morgan fingerprint density at radius 1 is 1.04 bits per heavy atom. The zero-order chi connectivity index (χ0) is 17.1. The third-order valence-corrected chi connectivity index (χ3v) is 2.82. The van der Waals surface area contributed by atoms with Crippen LogP contribution < -0.4 is 16.0 Å². The summed E-state index contributed by atoms with van der Waals surface area (Å²) >= 11 is 0. The predicted octanol–water partition coefficient (Wildman–Crippen LogP) is 1.81. The number of alkyl carbamates (subject to hydrolysis) is 1. The first-order valence-electron chi connectivity index (χ1n) is 7.85. The van der Waals surface area contributed by atoms with Crippen molar-refractivity contribution in [1.82, 2.24) is 16.0 Å². The minimum atomic E-state index is -0.487. The molecule has 0 saturated carbocycles. The van der Waals surface area contributed by atoms with Crippen molar-refractivity contribution >= 4 is 12.0 Å². The Kier molecular flexibility index (Phi) is 8.11. The number of carbonyl (C=O) groups is 2. The number of rotatable bonds is 8. The van der Waals surface area contributed by atoms with Gasteiger partial charge in [-0.15, -0.1) is 0 Å². The summed E-state index contributed by atoms with van der Waals surface area (Å²) in [6, 6.07) is 9.76. The van der Waals surface area contributed by atoms with Crippen molar-refractivity contribution in [2.75, 3.05) is 19.6 Å². The molecule has 6 nitrogen and oxygen atoms in total. The second-order valence-corrected chi connectivity index (χ2v) is 6.22. The van der Waals surface area contributed by atoms with E-state index in [1.54, 1.807) is 0 Å². The maximum atomic E-state index is 11.7. The van der Waals surface area contributed by atoms with Crippen LogP contribution in [0.3, 0.4) is 0 Å². The van der Waals surface area contributed by atoms with E-state index in [1.165, 1.54) is 0 Å². The van der Waals surface area contributed by atoms with Crippen molar-refractivity contribution in [3.8, 4) is 0 Å². The number of nitrogens with one attached hydrogen (secondary N) is 3. The van der Waals surface area contributed by atoms with Gasteiger partial charge in [-0.05, 0) is 39.3 Å². The lowest BCUT2D eigenvalue weighted by molar-refractivity contribution is -0.120. The molecule has 0 aromatic heterocycles. The smallest absolute Gasteiger partial charge is 0.407 e. The third kappa shape index (κ3) is 10.3. The molecule has 0 bridgehead atoms. The van der Waals surface area contributed by atoms with E-state index in [2.05, 4.69) is 16.0 Å². The van der Waals surface area contributed by atoms with Crippen LogP contribution in [-0.2, 0) is 16.1 Å². The third-order valence-electron chi connectivity index (χ3n) is 2.82. The van der Waals surface area contributed by atoms with Crippen LogP contribution in [0.5, 0.6) is 0 Å². The van der Waals surface area contributed by atoms with Crippen LogP contribution in [0.4, 0.5) is 4.79 Å². The van der Waals surface area contributed by atoms with Crippen molar-refractivity contribution < 1.29 is 14.3 Å². The van der Waals surface area contributed by atoms with E-state index in [-0.39, 0.29) is 12.5 Å². The number of hydrogen-bond acceptors (Lipinski definition) is 4. The lowest BCUT2D eigenvalue weighted by Gasteiger charge is -2.19. The monoisotopic (exact) mass is 321 g/mol. The van der Waals surface area contributed by atoms with E-state index in [9.17, 15) is 9.59 Å². The van der Waals surface area contributed by atoms with Gasteiger partial charge in [0.2, 0.25) is 5.91 Å². The molecule has 0 aliphatic rings. The maximum absolute atomic E-state index is 11.7. The molecule has 0 aliphatic heterocycles. The van der Waals surface area contributed by atoms with Crippen LogP contribution in [0.2, 0.25) is 0 Å². The Balaban J connectivity index is 2.00. The van der Waals surface area contributed by atoms with Crippen LogP contribution in [0.25, 0.3) is 0 Å². The molecule has 0 fully saturated rings. The van der Waals surface area contributed by atoms with E-state index >= 15 is 0 Å². The fourth-order valence-electron chi connectivity index (χ4n) is 1.78. The molecule has 0 heterocycles. The maximum Gasteiger partial charge on any atom is 0.407 e. The van der Waals surface area contributed by atoms with E-state index < -0.39 is 11.7 Å². The minimum Gasteiger partial charge on any atom is -0.444 e. The molecule has 6 heteroatoms. The molecule has 0 atom stereocenters. The van der Waals surface area contributed by atoms with Crippen molar-refractivity contribution in [1.29, 1.82) is 0 Å². The van der Waals surface area contributed by atoms with Gasteiger partial charge in [-0.3, -0.25) is 4.79 Å². The minimum absolute atomic E-state index is 0.0473. The Morgan fingerprint density at radius 3 is 2.39 bits per heavy atom. The topological polar surface area (TPSA) is 79.5 Å². The summed E-state index contributed by atoms with van der Waals surface area (Å²) in [6.07, 6.45) is 0.309. The Bertz CT molecular complexity index is 484. The number of carbonyl (C=O) groups excluding carboxylic acids is 2. The van der Waals surface area contributed by atoms with Crippen molar-refractivity contribution in [2.45, 2.75) is 39.3 Å². The summed E-state index contributed by atoms with van der Waals surface area (Å²) in [6.45, 7) is 7.41. The second kappa shape index (κ2) is 9.84. The highest BCUT2D eigenvalue weighted by Gasteiger charge is 2.15. The van der Waals surface area contributed by atoms with Crippen LogP contribution in [-0.4, -0.2) is 37.2 Å². The van der Waals surface area contributed by atoms with E-state index in [0.29, 0.717) is 19.6 Å². The highest BCUT2D eigenvalue weighted by atomic mass is 16.6. The largest absolute Gasteiger partial charge is 0.444 e. The predicted molar refractivity (Wildman–Crippen MR) is 90.0 cm³/mol. The van der Waals surface area contributed by atoms with Crippen LogP contribution in [0, 0.1) is 0 Å². The summed E-state index contributed by atoms with van der Waals surface area (Å²) in [4.78, 5) is 23.1. The normalized spacial score (nSPS) is 10.9. The highest BCUT2D eigenvalue weighted by molar-refractivity contribution is 5.77. The van der Waals surface area contributed by atoms with Gasteiger partial charge in [0.15, 0.2) is 0 Å². The molecule has 1 rings (SSSR count). The van der Waals surface area contributed by atoms with Gasteiger partial charge in [-0.1, -0.05) is 30.3 Å². The zero-order valence-corrected chi connectivity index (χ0v) is 14.1. The number of ether oxygens (including phenoxy) is 1. The van der Waals surface area contributed by atoms with E-state index in [1.807, 2.05) is 51.1 Å². The molecule has 1 aromatic rings. The van der Waals surface area contributed by atoms with Gasteiger partial charge in [0, 0.05) is 13.1 Å². The van der Waals surface area contributed by atoms with Gasteiger partial charge in [-0.2, -0.15) is 0 Å². The second-order valence-electron chi connectivity index (χ2n) is 6.22. The van der Waals surface area contributed by atoms with Crippen LogP contribution in [0.1, 0.15) is 32.8 Å². The average Bonchev–Trinajstić information content (AvgIpc) is 2.48. The first kappa shape index (κ1) is 19.0. The zero-order valence-electron chi connectivity index (χ0n) is 14.1. The van der Waals surface area contributed by atoms with Gasteiger partial charge in [0.1, 0.15) is 5.60 Å². The molecule has 0 saturated heterocycles. The quantitative estimate of drug-likeness (QED) is 0.638. The summed E-state index contributed by atoms with van der Waals surface area (Å²) in [5, 5.41) is 8.55. The van der Waals surface area contributed by atoms with Gasteiger partial charge >= 0.3 is 6.09 Å². The molecular weight excluding hydrogens is 294 g/mol. The van der Waals surface area contributed by atoms with Gasteiger partial charge in [-0.25, -0.2) is 4.79 Å². The number of benzene rings is 1. The van der Waals surface area contributed by atoms with Gasteiger partial charge in [0.05, 0.1) is 6.54 Å². The fraction of sp³-hybridized carbons (Fsp3) is 0.529. The van der Waals surface area contributed by atoms with Gasteiger partial charge < -0.3 is 20.7 Å². The molecule has 3 N–H and O–H groups in total. The lowest BCUT2D eigenvalue weighted by atomic mass is 10.2. The van der Waals surface area contributed by atoms with Crippen LogP contribution >= 0.6 is 0 Å². The van der Waals surface area contributed by atoms with Gasteiger partial charge in [0.25, 0.3) is 0 Å². The Morgan fingerprint density at radius 2 is 1.74 bits per heavy atom. The molecule has 128 valence electrons. The summed E-state index contributed by atoms with van der Waals surface area (Å²) in [5.41, 5.74) is 0.585. The molecule has 0 unspecified atom stereocenters. The van der Waals surface area contributed by atoms with E-state index in [4.69, 9.17) is 4.74 Å². The van der Waals surface area contributed by atoms with Crippen molar-refractivity contribution in [2.24, 2.45) is 0 Å². The number of amides is 2. The van der Waals surface area contributed by atoms with Crippen LogP contribution in [0.15, 0.2) is 30.3 Å². The summed E-state index contributed by atoms with van der Waals surface area (Å²) < 4.78 is 5.12. The highest BCUT2D eigenvalue weighted by Crippen LogP contribution is 2.06. The number of hydrogen-bond donors (Lipinski definition) is 3. The average molecular weight is 321 g/mol. The Labute approximate surface area is 138 Å². The fourth-order valence-corrected chi connectivity index (χ4v) is 1.78. The van der Waals surface area contributed by atoms with Crippen molar-refractivity contribution in [3.05, 3.63) is 35.9 Å². The molecule has 0 aliphatic carbocycles. The first-order chi connectivity index (χ1) is 10.9. The molecule has 0 radical (unpaired) electrons. The molecule has 1 aromatic carbocycles. The lowest BCUT2D eigenvalue weighted by Crippen LogP contribution is -2.36. The first-order valence-corrected chi connectivity index (χ1v) is 7.85. The summed E-state index contributed by atoms with van der Waals surface area (Å²) in [7, 11) is 0. The molecule has 2 amide bonds. The Hall–Kier alpha value is -2.08. The summed E-state index contributed by atoms with van der Waals surface area (Å²) in [5.74, 6) is -0.0473. The SMILES string of the molecule is CC(C)(C)OC(=O)NCCCNCC(=O)NCc1ccccc1. The standard InChI is InChI=1S/C17H27N3O3/c1-17(2,3)23-16(22)19-11-7-10-18-13-15(21)20-12-14-8-5-4-6-9-14/h4-6,8-9,18H,7,10-13H2,1-3H3,(H,19,22)(H,20,21). The molecule has 0 spiro atoms. The molecule has 23 heavy (non-hydrogen) atoms. The molecular formula is C17H27N3O3. The van der Waals surface area contributed by atoms with Crippen molar-refractivity contribution in [3.63, 3.8) is 0 Å².